The number of fused-ring (bicyclic) bond motifs is 1. The Kier molecular flexibility index (Phi) is 5.21. The fourth-order valence-electron chi connectivity index (χ4n) is 3.45. The highest BCUT2D eigenvalue weighted by atomic mass is 16.5. The van der Waals surface area contributed by atoms with Crippen molar-refractivity contribution in [1.29, 1.82) is 0 Å². The number of aliphatic hydroxyl groups excluding tert-OH is 1. The minimum atomic E-state index is -0.135. The molecule has 6 nitrogen and oxygen atoms in total. The number of hydrogen-bond donors (Lipinski definition) is 2. The van der Waals surface area contributed by atoms with E-state index in [-0.39, 0.29) is 18.6 Å². The van der Waals surface area contributed by atoms with Crippen LogP contribution in [0.1, 0.15) is 29.7 Å². The van der Waals surface area contributed by atoms with Gasteiger partial charge in [0, 0.05) is 42.4 Å². The van der Waals surface area contributed by atoms with Gasteiger partial charge in [-0.3, -0.25) is 4.98 Å². The van der Waals surface area contributed by atoms with Crippen LogP contribution in [0.2, 0.25) is 0 Å². The number of para-hydroxylation sites is 1. The molecular weight excluding hydrogens is 352 g/mol. The highest BCUT2D eigenvalue weighted by Crippen LogP contribution is 2.36. The summed E-state index contributed by atoms with van der Waals surface area (Å²) < 4.78 is 5.94. The van der Waals surface area contributed by atoms with E-state index in [4.69, 9.17) is 4.74 Å². The third-order valence-corrected chi connectivity index (χ3v) is 5.06. The molecule has 2 aromatic heterocycles. The van der Waals surface area contributed by atoms with Gasteiger partial charge in [-0.2, -0.15) is 0 Å². The van der Waals surface area contributed by atoms with Crippen LogP contribution in [0.5, 0.6) is 5.75 Å². The number of anilines is 1. The normalized spacial score (nSPS) is 16.3. The number of rotatable bonds is 6. The summed E-state index contributed by atoms with van der Waals surface area (Å²) in [5, 5.41) is 12.8. The monoisotopic (exact) mass is 376 g/mol. The van der Waals surface area contributed by atoms with Gasteiger partial charge in [-0.1, -0.05) is 25.1 Å². The first-order valence-electron chi connectivity index (χ1n) is 9.52. The molecule has 6 heteroatoms. The zero-order chi connectivity index (χ0) is 19.5. The number of ether oxygens (including phenoxy) is 1. The van der Waals surface area contributed by atoms with Crippen molar-refractivity contribution in [2.24, 2.45) is 0 Å². The second-order valence-electron chi connectivity index (χ2n) is 7.22. The number of aliphatic hydroxyl groups is 1. The van der Waals surface area contributed by atoms with Gasteiger partial charge in [0.1, 0.15) is 24.0 Å². The number of aromatic nitrogens is 3. The summed E-state index contributed by atoms with van der Waals surface area (Å²) >= 11 is 0. The number of hydrogen-bond acceptors (Lipinski definition) is 6. The van der Waals surface area contributed by atoms with Crippen LogP contribution in [0, 0.1) is 6.92 Å². The zero-order valence-electron chi connectivity index (χ0n) is 16.1. The van der Waals surface area contributed by atoms with E-state index >= 15 is 0 Å². The Hall–Kier alpha value is -2.99. The van der Waals surface area contributed by atoms with Crippen LogP contribution in [0.15, 0.2) is 48.9 Å². The average molecular weight is 376 g/mol. The number of nitrogens with one attached hydrogen (secondary N) is 1. The van der Waals surface area contributed by atoms with E-state index in [1.54, 1.807) is 6.33 Å². The predicted octanol–water partition coefficient (Wildman–Crippen LogP) is 3.36. The van der Waals surface area contributed by atoms with Gasteiger partial charge in [0.25, 0.3) is 0 Å². The minimum absolute atomic E-state index is 0.0400. The second kappa shape index (κ2) is 7.94. The third-order valence-electron chi connectivity index (χ3n) is 5.06. The predicted molar refractivity (Wildman–Crippen MR) is 109 cm³/mol. The van der Waals surface area contributed by atoms with Gasteiger partial charge in [-0.15, -0.1) is 0 Å². The molecule has 28 heavy (non-hydrogen) atoms. The van der Waals surface area contributed by atoms with Gasteiger partial charge >= 0.3 is 0 Å². The molecule has 0 spiro atoms. The number of benzene rings is 1. The maximum Gasteiger partial charge on any atom is 0.129 e. The summed E-state index contributed by atoms with van der Waals surface area (Å²) in [7, 11) is 0. The Morgan fingerprint density at radius 3 is 2.89 bits per heavy atom. The maximum atomic E-state index is 9.40. The molecule has 1 aliphatic rings. The van der Waals surface area contributed by atoms with Crippen LogP contribution in [0.3, 0.4) is 0 Å². The topological polar surface area (TPSA) is 80.2 Å². The summed E-state index contributed by atoms with van der Waals surface area (Å²) in [4.78, 5) is 13.0. The fourth-order valence-corrected chi connectivity index (χ4v) is 3.45. The van der Waals surface area contributed by atoms with Gasteiger partial charge in [0.2, 0.25) is 0 Å². The second-order valence-corrected chi connectivity index (χ2v) is 7.22. The van der Waals surface area contributed by atoms with Crippen molar-refractivity contribution in [1.82, 2.24) is 15.0 Å². The van der Waals surface area contributed by atoms with Crippen LogP contribution >= 0.6 is 0 Å². The van der Waals surface area contributed by atoms with E-state index in [2.05, 4.69) is 45.4 Å². The van der Waals surface area contributed by atoms with Crippen molar-refractivity contribution in [3.63, 3.8) is 0 Å². The van der Waals surface area contributed by atoms with Crippen molar-refractivity contribution in [2.75, 3.05) is 18.5 Å². The van der Waals surface area contributed by atoms with Crippen molar-refractivity contribution in [3.05, 3.63) is 65.7 Å². The maximum absolute atomic E-state index is 9.40. The van der Waals surface area contributed by atoms with Crippen LogP contribution in [0.25, 0.3) is 11.3 Å². The Bertz CT molecular complexity index is 959. The van der Waals surface area contributed by atoms with Gasteiger partial charge in [-0.05, 0) is 30.2 Å². The quantitative estimate of drug-likeness (QED) is 0.687. The number of pyridine rings is 1. The molecule has 2 atom stereocenters. The molecular formula is C22H24N4O2. The summed E-state index contributed by atoms with van der Waals surface area (Å²) in [5.41, 5.74) is 5.10. The number of nitrogens with zero attached hydrogens (tertiary/aromatic N) is 3. The molecule has 0 fully saturated rings. The molecule has 2 N–H and O–H groups in total. The Morgan fingerprint density at radius 2 is 2.11 bits per heavy atom. The first-order valence-corrected chi connectivity index (χ1v) is 9.52. The summed E-state index contributed by atoms with van der Waals surface area (Å²) in [6.07, 6.45) is 4.02. The van der Waals surface area contributed by atoms with E-state index < -0.39 is 0 Å². The molecule has 1 aromatic carbocycles. The smallest absolute Gasteiger partial charge is 0.129 e. The van der Waals surface area contributed by atoms with Crippen molar-refractivity contribution >= 4 is 5.82 Å². The first-order chi connectivity index (χ1) is 13.6. The van der Waals surface area contributed by atoms with Crippen LogP contribution < -0.4 is 10.1 Å². The molecule has 0 amide bonds. The van der Waals surface area contributed by atoms with Crippen molar-refractivity contribution in [2.45, 2.75) is 32.3 Å². The van der Waals surface area contributed by atoms with Gasteiger partial charge in [0.15, 0.2) is 0 Å². The van der Waals surface area contributed by atoms with E-state index in [0.29, 0.717) is 6.54 Å². The zero-order valence-corrected chi connectivity index (χ0v) is 16.1. The molecule has 3 aromatic rings. The van der Waals surface area contributed by atoms with Gasteiger partial charge in [-0.25, -0.2) is 9.97 Å². The summed E-state index contributed by atoms with van der Waals surface area (Å²) in [6, 6.07) is 12.1. The molecule has 0 bridgehead atoms. The summed E-state index contributed by atoms with van der Waals surface area (Å²) in [6.45, 7) is 4.87. The third kappa shape index (κ3) is 3.82. The van der Waals surface area contributed by atoms with Crippen LogP contribution in [0.4, 0.5) is 5.82 Å². The van der Waals surface area contributed by atoms with Crippen molar-refractivity contribution < 1.29 is 9.84 Å². The lowest BCUT2D eigenvalue weighted by Gasteiger charge is -2.17. The highest BCUT2D eigenvalue weighted by molar-refractivity contribution is 5.61. The molecule has 1 aliphatic heterocycles. The van der Waals surface area contributed by atoms with Gasteiger partial charge in [0.05, 0.1) is 12.3 Å². The average Bonchev–Trinajstić information content (AvgIpc) is 3.16. The highest BCUT2D eigenvalue weighted by Gasteiger charge is 2.26. The Balaban J connectivity index is 1.46. The fraction of sp³-hybridized carbons (Fsp3) is 0.318. The Labute approximate surface area is 164 Å². The summed E-state index contributed by atoms with van der Waals surface area (Å²) in [5.74, 6) is 1.93. The molecule has 0 aliphatic carbocycles. The molecule has 0 saturated carbocycles. The van der Waals surface area contributed by atoms with Crippen molar-refractivity contribution in [3.8, 4) is 17.0 Å². The van der Waals surface area contributed by atoms with Crippen LogP contribution in [-0.2, 0) is 6.42 Å². The Morgan fingerprint density at radius 1 is 1.21 bits per heavy atom. The lowest BCUT2D eigenvalue weighted by Crippen LogP contribution is -2.18. The first kappa shape index (κ1) is 18.4. The SMILES string of the molecule is Cc1ccc(-c2cc(NC[C@@H](C)c3cccc4c3O[C@H](CO)C4)ncn2)cn1. The molecule has 0 unspecified atom stereocenters. The standard InChI is InChI=1S/C22H24N4O2/c1-14(19-5-3-4-16-8-18(12-27)28-22(16)19)10-24-21-9-20(25-13-26-21)17-7-6-15(2)23-11-17/h3-7,9,11,13-14,18,27H,8,10,12H2,1-2H3,(H,24,25,26)/t14-,18+/m1/s1. The lowest BCUT2D eigenvalue weighted by molar-refractivity contribution is 0.133. The molecule has 144 valence electrons. The van der Waals surface area contributed by atoms with E-state index in [1.165, 1.54) is 5.56 Å². The number of aryl methyl sites for hydroxylation is 1. The van der Waals surface area contributed by atoms with E-state index in [9.17, 15) is 5.11 Å². The lowest BCUT2D eigenvalue weighted by atomic mass is 9.97. The largest absolute Gasteiger partial charge is 0.487 e. The molecule has 4 rings (SSSR count). The van der Waals surface area contributed by atoms with Crippen LogP contribution in [-0.4, -0.2) is 39.3 Å². The molecule has 3 heterocycles. The van der Waals surface area contributed by atoms with E-state index in [1.807, 2.05) is 31.3 Å². The molecule has 0 saturated heterocycles. The van der Waals surface area contributed by atoms with E-state index in [0.717, 1.165) is 40.5 Å². The molecule has 0 radical (unpaired) electrons. The van der Waals surface area contributed by atoms with Gasteiger partial charge < -0.3 is 15.2 Å². The minimum Gasteiger partial charge on any atom is -0.487 e.